The summed E-state index contributed by atoms with van der Waals surface area (Å²) in [5.74, 6) is -6.71. The summed E-state index contributed by atoms with van der Waals surface area (Å²) in [4.78, 5) is 166. The van der Waals surface area contributed by atoms with E-state index in [2.05, 4.69) is 25.8 Å². The fourth-order valence-corrected chi connectivity index (χ4v) is 19.4. The van der Waals surface area contributed by atoms with Crippen molar-refractivity contribution in [2.75, 3.05) is 88.5 Å². The van der Waals surface area contributed by atoms with Crippen LogP contribution in [0.15, 0.2) is 140 Å². The number of anilines is 2. The van der Waals surface area contributed by atoms with Crippen LogP contribution in [0.4, 0.5) is 11.4 Å². The van der Waals surface area contributed by atoms with Crippen molar-refractivity contribution in [2.24, 2.45) is 46.6 Å². The van der Waals surface area contributed by atoms with Gasteiger partial charge in [-0.2, -0.15) is 0 Å². The number of carbonyl (C=O) groups excluding carboxylic acids is 6. The molecule has 7 saturated heterocycles. The number of piperidine rings is 1. The Hall–Kier alpha value is -11.7. The van der Waals surface area contributed by atoms with E-state index in [-0.39, 0.29) is 78.5 Å². The van der Waals surface area contributed by atoms with Crippen LogP contribution in [0.3, 0.4) is 0 Å². The van der Waals surface area contributed by atoms with Crippen LogP contribution in [0.2, 0.25) is 0 Å². The number of aliphatic carboxylic acids is 7. The third-order valence-corrected chi connectivity index (χ3v) is 25.8. The minimum absolute atomic E-state index is 0.00644. The van der Waals surface area contributed by atoms with E-state index in [0.29, 0.717) is 127 Å². The molecule has 2 bridgehead atoms. The number of H-pyrrole nitrogens is 1. The molecule has 6 aromatic rings. The van der Waals surface area contributed by atoms with Crippen molar-refractivity contribution < 1.29 is 98.1 Å². The maximum absolute atomic E-state index is 12.9. The van der Waals surface area contributed by atoms with Crippen LogP contribution in [0.1, 0.15) is 136 Å². The number of hydrogen-bond donors (Lipinski definition) is 15. The minimum Gasteiger partial charge on any atom is -0.481 e. The maximum Gasteiger partial charge on any atom is 0.326 e. The van der Waals surface area contributed by atoms with Gasteiger partial charge in [0.15, 0.2) is 0 Å². The van der Waals surface area contributed by atoms with Crippen LogP contribution < -0.4 is 48.7 Å². The van der Waals surface area contributed by atoms with Crippen molar-refractivity contribution in [1.82, 2.24) is 45.4 Å². The van der Waals surface area contributed by atoms with Crippen molar-refractivity contribution in [3.8, 4) is 0 Å². The van der Waals surface area contributed by atoms with Gasteiger partial charge in [0, 0.05) is 79.9 Å². The second-order valence-electron chi connectivity index (χ2n) is 34.8. The monoisotopic (exact) mass is 1740 g/mol. The van der Waals surface area contributed by atoms with Crippen molar-refractivity contribution in [3.05, 3.63) is 167 Å². The zero-order valence-corrected chi connectivity index (χ0v) is 71.2. The van der Waals surface area contributed by atoms with Gasteiger partial charge in [0.05, 0.1) is 41.5 Å². The molecule has 6 amide bonds. The molecule has 8 aliphatic heterocycles. The Balaban J connectivity index is 0.000000145. The summed E-state index contributed by atoms with van der Waals surface area (Å²) in [5.41, 5.74) is 27.9. The average molecular weight is 1740 g/mol. The molecule has 2 spiro atoms. The molecule has 2 saturated carbocycles. The Morgan fingerprint density at radius 3 is 1.79 bits per heavy atom. The molecule has 19 N–H and O–H groups in total. The number of fused-ring (bicyclic) bond motifs is 7. The molecule has 678 valence electrons. The fraction of sp³-hybridized carbons (Fsp3) is 0.505. The zero-order valence-electron chi connectivity index (χ0n) is 71.2. The van der Waals surface area contributed by atoms with Gasteiger partial charge < -0.3 is 109 Å². The van der Waals surface area contributed by atoms with E-state index in [4.69, 9.17) is 43.4 Å². The SMILES string of the molecule is CC(C)C[C@@H](C(=O)O)N1CC[C@@]2(CCCN2)C1=O.NC1(C(=O)O)CCc2[nH]c3ccccc3c2C1.NC1CCCCN(CC(=O)O)C1=O.N[C@@H]1[C@H]2CC[C@H](C2)[C@@H]1C(=O)O.N[C@H]1CC2C(=O)N(CC(=O)O)c3ccccc3C(=O)N2C1.O=C(O)CN1CN(c2ccccc2)C2(CCNCC2)C1=O.O=C(O)[C@H](Cc1ccccc1)N1CCN[C@@H](Cc2ccccc2)C1=O. The Morgan fingerprint density at radius 2 is 1.19 bits per heavy atom. The smallest absolute Gasteiger partial charge is 0.326 e. The van der Waals surface area contributed by atoms with Crippen LogP contribution in [0.5, 0.6) is 0 Å². The van der Waals surface area contributed by atoms with E-state index < -0.39 is 89.1 Å². The predicted molar refractivity (Wildman–Crippen MR) is 465 cm³/mol. The molecule has 9 heterocycles. The van der Waals surface area contributed by atoms with Gasteiger partial charge in [-0.1, -0.05) is 123 Å². The molecule has 0 radical (unpaired) electrons. The standard InChI is InChI=1S/C20H22N2O3.C15H19N3O3.C14H15N3O4.C13H22N2O3.C13H14N2O2.C8H14N2O3.C8H13NO2/c23-19-17(13-15-7-3-1-4-8-15)21-11-12-22(19)18(20(24)25)14-16-9-5-2-6-10-16;19-13(20)10-17-11-18(12-4-2-1-3-5-12)15(14(17)21)6-8-16-9-7-15;15-8-5-11-14(21)17(7-12(18)19)10-4-2-1-3-9(10)13(20)16(11)6-8;1-9(2)8-10(11(16)17)15-7-5-13(12(15)18)4-3-6-14-13;14-13(12(16)17)6-5-11-9(7-13)8-3-1-2-4-10(8)15-11;9-6-3-1-2-4-10(8(6)13)5-7(11)12;9-7-5-2-1-4(3-5)6(7)8(10)11/h1-10,17-18,21H,11-14H2,(H,24,25);1-5,16H,6-11H2,(H,19,20);1-4,8,11H,5-7,15H2,(H,18,19);9-10,14H,3-8H2,1-2H3,(H,16,17);1-4,15H,5-7,14H2,(H,16,17);6H,1-5,9H2,(H,11,12);4-7H,1-3,9H2,(H,10,11)/t17-,18-;;8-,11?;10-,13-;;;4-,5+,6+,7-/m0.00..1/s1. The van der Waals surface area contributed by atoms with Crippen LogP contribution in [-0.4, -0.2) is 280 Å². The van der Waals surface area contributed by atoms with Crippen LogP contribution in [0, 0.1) is 23.7 Å². The Labute approximate surface area is 730 Å². The topological polar surface area (TPSA) is 542 Å². The van der Waals surface area contributed by atoms with E-state index in [0.717, 1.165) is 115 Å². The summed E-state index contributed by atoms with van der Waals surface area (Å²) in [6, 6.07) is 40.1. The molecule has 9 fully saturated rings. The van der Waals surface area contributed by atoms with Crippen molar-refractivity contribution in [1.29, 1.82) is 0 Å². The van der Waals surface area contributed by atoms with Gasteiger partial charge >= 0.3 is 41.8 Å². The number of nitrogens with zero attached hydrogens (tertiary/aromatic N) is 7. The van der Waals surface area contributed by atoms with E-state index in [1.807, 2.05) is 129 Å². The summed E-state index contributed by atoms with van der Waals surface area (Å²) in [6.45, 7) is 8.18. The number of hydrogen-bond acceptors (Lipinski definition) is 21. The molecule has 35 heteroatoms. The first-order chi connectivity index (χ1) is 60.1. The van der Waals surface area contributed by atoms with Gasteiger partial charge in [0.25, 0.3) is 11.8 Å². The van der Waals surface area contributed by atoms with Crippen molar-refractivity contribution >= 4 is 99.5 Å². The number of carboxylic acid groups (broad SMARTS) is 7. The molecule has 12 atom stereocenters. The summed E-state index contributed by atoms with van der Waals surface area (Å²) in [5, 5.41) is 74.4. The van der Waals surface area contributed by atoms with E-state index >= 15 is 0 Å². The molecule has 11 aliphatic rings. The zero-order chi connectivity index (χ0) is 90.9. The number of aryl methyl sites for hydroxylation is 1. The fourth-order valence-electron chi connectivity index (χ4n) is 19.4. The number of para-hydroxylation sites is 3. The normalized spacial score (nSPS) is 25.4. The Morgan fingerprint density at radius 1 is 0.571 bits per heavy atom. The lowest BCUT2D eigenvalue weighted by atomic mass is 9.80. The number of amides is 6. The summed E-state index contributed by atoms with van der Waals surface area (Å²) < 4.78 is 0. The molecule has 1 aromatic heterocycles. The molecular formula is C91H119N15O20. The second kappa shape index (κ2) is 42.5. The van der Waals surface area contributed by atoms with Gasteiger partial charge in [-0.25, -0.2) is 9.59 Å². The summed E-state index contributed by atoms with van der Waals surface area (Å²) >= 11 is 0. The average Bonchev–Trinajstić information content (AvgIpc) is 1.60. The lowest BCUT2D eigenvalue weighted by molar-refractivity contribution is -0.152. The third-order valence-electron chi connectivity index (χ3n) is 25.8. The maximum atomic E-state index is 12.9. The number of likely N-dealkylation sites (tertiary alicyclic amines) is 2. The Bertz CT molecular complexity index is 4870. The third kappa shape index (κ3) is 22.6. The highest BCUT2D eigenvalue weighted by atomic mass is 16.4. The number of piperazine rings is 1. The van der Waals surface area contributed by atoms with Crippen LogP contribution in [0.25, 0.3) is 10.9 Å². The number of benzene rings is 5. The lowest BCUT2D eigenvalue weighted by Gasteiger charge is -2.40. The van der Waals surface area contributed by atoms with Gasteiger partial charge in [0.2, 0.25) is 23.6 Å². The molecular weight excluding hydrogens is 1620 g/mol. The molecule has 126 heavy (non-hydrogen) atoms. The quantitative estimate of drug-likeness (QED) is 0.0544. The number of aromatic nitrogens is 1. The lowest BCUT2D eigenvalue weighted by Crippen LogP contribution is -2.60. The molecule has 3 unspecified atom stereocenters. The Kier molecular flexibility index (Phi) is 32.0. The first-order valence-corrected chi connectivity index (χ1v) is 43.4. The number of nitrogens with two attached hydrogens (primary N) is 4. The van der Waals surface area contributed by atoms with Crippen molar-refractivity contribution in [3.63, 3.8) is 0 Å². The van der Waals surface area contributed by atoms with E-state index in [1.54, 1.807) is 29.2 Å². The number of rotatable bonds is 19. The molecule has 17 rings (SSSR count). The van der Waals surface area contributed by atoms with Crippen molar-refractivity contribution in [2.45, 2.75) is 188 Å². The van der Waals surface area contributed by atoms with Gasteiger partial charge in [-0.05, 0) is 187 Å². The highest BCUT2D eigenvalue weighted by molar-refractivity contribution is 6.12. The predicted octanol–water partition coefficient (Wildman–Crippen LogP) is 4.02. The van der Waals surface area contributed by atoms with Gasteiger partial charge in [-0.3, -0.25) is 57.6 Å². The second-order valence-corrected chi connectivity index (χ2v) is 34.8. The first kappa shape index (κ1) is 94.9. The molecule has 3 aliphatic carbocycles. The van der Waals surface area contributed by atoms with E-state index in [1.165, 1.54) is 19.6 Å². The summed E-state index contributed by atoms with van der Waals surface area (Å²) in [6.07, 6.45) is 13.0. The van der Waals surface area contributed by atoms with Gasteiger partial charge in [0.1, 0.15) is 48.8 Å². The highest BCUT2D eigenvalue weighted by Crippen LogP contribution is 2.48. The minimum atomic E-state index is -1.12. The molecule has 35 nitrogen and oxygen atoms in total. The van der Waals surface area contributed by atoms with Crippen LogP contribution >= 0.6 is 0 Å². The molecule has 5 aromatic carbocycles. The number of nitrogens with one attached hydrogen (secondary N) is 4. The number of carboxylic acids is 7. The highest BCUT2D eigenvalue weighted by Gasteiger charge is 2.55. The summed E-state index contributed by atoms with van der Waals surface area (Å²) in [7, 11) is 0. The number of aromatic amines is 1. The largest absolute Gasteiger partial charge is 0.481 e. The first-order valence-electron chi connectivity index (χ1n) is 43.4. The van der Waals surface area contributed by atoms with Crippen LogP contribution in [-0.2, 0) is 83.2 Å². The van der Waals surface area contributed by atoms with Gasteiger partial charge in [-0.15, -0.1) is 0 Å². The van der Waals surface area contributed by atoms with E-state index in [9.17, 15) is 77.6 Å². The number of carbonyl (C=O) groups is 13.